The van der Waals surface area contributed by atoms with E-state index in [1.807, 2.05) is 31.2 Å². The normalized spacial score (nSPS) is 10.6. The van der Waals surface area contributed by atoms with Crippen molar-refractivity contribution in [3.8, 4) is 11.2 Å². The van der Waals surface area contributed by atoms with Gasteiger partial charge in [0.15, 0.2) is 5.82 Å². The van der Waals surface area contributed by atoms with E-state index in [9.17, 15) is 5.26 Å². The molecule has 3 aromatic rings. The van der Waals surface area contributed by atoms with Gasteiger partial charge in [0, 0.05) is 6.54 Å². The molecule has 0 atom stereocenters. The van der Waals surface area contributed by atoms with Crippen LogP contribution in [-0.4, -0.2) is 21.3 Å². The van der Waals surface area contributed by atoms with E-state index in [1.165, 1.54) is 16.0 Å². The molecule has 100 valence electrons. The topological polar surface area (TPSA) is 92.6 Å². The highest BCUT2D eigenvalue weighted by Crippen LogP contribution is 2.29. The van der Waals surface area contributed by atoms with E-state index < -0.39 is 0 Å². The standard InChI is InChI=1S/C13H12N6S/c1-2-16-12-8(7-14)11(15)19(18-12)13-17-9-5-3-4-6-10(9)20-13/h3-6H,2,15H2,1H3,(H,16,18). The third-order valence-corrected chi connectivity index (χ3v) is 3.85. The van der Waals surface area contributed by atoms with Gasteiger partial charge in [0.05, 0.1) is 10.2 Å². The summed E-state index contributed by atoms with van der Waals surface area (Å²) in [4.78, 5) is 4.49. The Morgan fingerprint density at radius 3 is 2.95 bits per heavy atom. The van der Waals surface area contributed by atoms with Crippen molar-refractivity contribution in [1.29, 1.82) is 5.26 Å². The Bertz CT molecular complexity index is 777. The van der Waals surface area contributed by atoms with E-state index in [0.29, 0.717) is 28.9 Å². The van der Waals surface area contributed by atoms with Crippen LogP contribution in [0.2, 0.25) is 0 Å². The van der Waals surface area contributed by atoms with Crippen LogP contribution in [0.1, 0.15) is 12.5 Å². The fourth-order valence-corrected chi connectivity index (χ4v) is 2.86. The molecule has 0 unspecified atom stereocenters. The zero-order valence-corrected chi connectivity index (χ0v) is 11.6. The lowest BCUT2D eigenvalue weighted by molar-refractivity contribution is 0.882. The minimum Gasteiger partial charge on any atom is -0.382 e. The number of hydrogen-bond acceptors (Lipinski definition) is 6. The first-order chi connectivity index (χ1) is 9.74. The number of nitrogens with two attached hydrogens (primary N) is 1. The fraction of sp³-hybridized carbons (Fsp3) is 0.154. The van der Waals surface area contributed by atoms with Crippen molar-refractivity contribution in [3.05, 3.63) is 29.8 Å². The molecule has 0 aliphatic heterocycles. The maximum Gasteiger partial charge on any atom is 0.213 e. The van der Waals surface area contributed by atoms with E-state index in [0.717, 1.165) is 10.2 Å². The van der Waals surface area contributed by atoms with Crippen LogP contribution in [0, 0.1) is 11.3 Å². The number of nitrogen functional groups attached to an aromatic ring is 1. The first-order valence-corrected chi connectivity index (χ1v) is 6.94. The SMILES string of the molecule is CCNc1nn(-c2nc3ccccc3s2)c(N)c1C#N. The first-order valence-electron chi connectivity index (χ1n) is 6.13. The largest absolute Gasteiger partial charge is 0.382 e. The van der Waals surface area contributed by atoms with Crippen LogP contribution in [0.5, 0.6) is 0 Å². The molecule has 0 bridgehead atoms. The van der Waals surface area contributed by atoms with Crippen LogP contribution in [-0.2, 0) is 0 Å². The summed E-state index contributed by atoms with van der Waals surface area (Å²) < 4.78 is 2.57. The van der Waals surface area contributed by atoms with Gasteiger partial charge < -0.3 is 11.1 Å². The van der Waals surface area contributed by atoms with E-state index in [2.05, 4.69) is 21.5 Å². The Morgan fingerprint density at radius 1 is 1.45 bits per heavy atom. The molecule has 6 nitrogen and oxygen atoms in total. The summed E-state index contributed by atoms with van der Waals surface area (Å²) in [6.45, 7) is 2.61. The van der Waals surface area contributed by atoms with Gasteiger partial charge >= 0.3 is 0 Å². The minimum absolute atomic E-state index is 0.308. The molecule has 0 fully saturated rings. The van der Waals surface area contributed by atoms with Crippen LogP contribution in [0.15, 0.2) is 24.3 Å². The first kappa shape index (κ1) is 12.4. The molecule has 0 aliphatic carbocycles. The average Bonchev–Trinajstić information content (AvgIpc) is 3.00. The third-order valence-electron chi connectivity index (χ3n) is 2.84. The number of thiazole rings is 1. The molecule has 0 saturated heterocycles. The summed E-state index contributed by atoms with van der Waals surface area (Å²) in [6.07, 6.45) is 0. The molecule has 2 aromatic heterocycles. The van der Waals surface area contributed by atoms with Gasteiger partial charge in [-0.2, -0.15) is 9.94 Å². The van der Waals surface area contributed by atoms with Gasteiger partial charge in [-0.1, -0.05) is 23.5 Å². The van der Waals surface area contributed by atoms with Crippen LogP contribution < -0.4 is 11.1 Å². The highest BCUT2D eigenvalue weighted by atomic mass is 32.1. The molecule has 3 rings (SSSR count). The zero-order valence-electron chi connectivity index (χ0n) is 10.8. The molecule has 0 amide bonds. The van der Waals surface area contributed by atoms with Crippen molar-refractivity contribution in [2.24, 2.45) is 0 Å². The second-order valence-corrected chi connectivity index (χ2v) is 5.14. The maximum absolute atomic E-state index is 9.19. The van der Waals surface area contributed by atoms with Crippen molar-refractivity contribution in [2.75, 3.05) is 17.6 Å². The Hall–Kier alpha value is -2.59. The molecule has 2 heterocycles. The molecule has 20 heavy (non-hydrogen) atoms. The Morgan fingerprint density at radius 2 is 2.25 bits per heavy atom. The number of para-hydroxylation sites is 1. The van der Waals surface area contributed by atoms with E-state index >= 15 is 0 Å². The Labute approximate surface area is 119 Å². The van der Waals surface area contributed by atoms with Crippen molar-refractivity contribution < 1.29 is 0 Å². The van der Waals surface area contributed by atoms with Crippen molar-refractivity contribution >= 4 is 33.2 Å². The summed E-state index contributed by atoms with van der Waals surface area (Å²) in [7, 11) is 0. The molecule has 0 aliphatic rings. The summed E-state index contributed by atoms with van der Waals surface area (Å²) in [5, 5.41) is 17.2. The Balaban J connectivity index is 2.16. The lowest BCUT2D eigenvalue weighted by Gasteiger charge is -1.96. The molecule has 1 aromatic carbocycles. The molecule has 0 radical (unpaired) electrons. The van der Waals surface area contributed by atoms with Crippen molar-refractivity contribution in [1.82, 2.24) is 14.8 Å². The van der Waals surface area contributed by atoms with Gasteiger partial charge in [0.25, 0.3) is 0 Å². The number of anilines is 2. The Kier molecular flexibility index (Phi) is 3.00. The predicted octanol–water partition coefficient (Wildman–Crippen LogP) is 2.37. The van der Waals surface area contributed by atoms with Gasteiger partial charge in [-0.15, -0.1) is 5.10 Å². The van der Waals surface area contributed by atoms with Crippen molar-refractivity contribution in [3.63, 3.8) is 0 Å². The summed E-state index contributed by atoms with van der Waals surface area (Å²) >= 11 is 1.49. The summed E-state index contributed by atoms with van der Waals surface area (Å²) in [5.74, 6) is 0.800. The summed E-state index contributed by atoms with van der Waals surface area (Å²) in [6, 6.07) is 9.90. The van der Waals surface area contributed by atoms with E-state index in [4.69, 9.17) is 5.73 Å². The summed E-state index contributed by atoms with van der Waals surface area (Å²) in [5.41, 5.74) is 7.25. The van der Waals surface area contributed by atoms with Crippen LogP contribution in [0.4, 0.5) is 11.6 Å². The van der Waals surface area contributed by atoms with Crippen LogP contribution in [0.25, 0.3) is 15.3 Å². The number of nitrogens with one attached hydrogen (secondary N) is 1. The highest BCUT2D eigenvalue weighted by molar-refractivity contribution is 7.20. The van der Waals surface area contributed by atoms with Gasteiger partial charge in [0.2, 0.25) is 5.13 Å². The molecular weight excluding hydrogens is 272 g/mol. The van der Waals surface area contributed by atoms with Crippen LogP contribution in [0.3, 0.4) is 0 Å². The number of aromatic nitrogens is 3. The quantitative estimate of drug-likeness (QED) is 0.770. The smallest absolute Gasteiger partial charge is 0.213 e. The van der Waals surface area contributed by atoms with Crippen molar-refractivity contribution in [2.45, 2.75) is 6.92 Å². The molecule has 3 N–H and O–H groups in total. The van der Waals surface area contributed by atoms with Gasteiger partial charge in [-0.25, -0.2) is 4.98 Å². The molecule has 0 saturated carbocycles. The molecule has 7 heteroatoms. The second kappa shape index (κ2) is 4.83. The predicted molar refractivity (Wildman–Crippen MR) is 80.0 cm³/mol. The number of nitrogens with zero attached hydrogens (tertiary/aromatic N) is 4. The highest BCUT2D eigenvalue weighted by Gasteiger charge is 2.18. The minimum atomic E-state index is 0.308. The van der Waals surface area contributed by atoms with Gasteiger partial charge in [-0.3, -0.25) is 0 Å². The average molecular weight is 284 g/mol. The lowest BCUT2D eigenvalue weighted by atomic mass is 10.3. The number of fused-ring (bicyclic) bond motifs is 1. The maximum atomic E-state index is 9.19. The number of benzene rings is 1. The zero-order chi connectivity index (χ0) is 14.1. The molecule has 0 spiro atoms. The van der Waals surface area contributed by atoms with E-state index in [-0.39, 0.29) is 0 Å². The second-order valence-electron chi connectivity index (χ2n) is 4.13. The fourth-order valence-electron chi connectivity index (χ4n) is 1.93. The lowest BCUT2D eigenvalue weighted by Crippen LogP contribution is -2.02. The van der Waals surface area contributed by atoms with Gasteiger partial charge in [-0.05, 0) is 19.1 Å². The van der Waals surface area contributed by atoms with Gasteiger partial charge in [0.1, 0.15) is 17.5 Å². The third kappa shape index (κ3) is 1.87. The number of nitriles is 1. The number of rotatable bonds is 3. The number of hydrogen-bond donors (Lipinski definition) is 2. The molecular formula is C13H12N6S. The van der Waals surface area contributed by atoms with E-state index in [1.54, 1.807) is 0 Å². The monoisotopic (exact) mass is 284 g/mol. The van der Waals surface area contributed by atoms with Crippen LogP contribution >= 0.6 is 11.3 Å².